The van der Waals surface area contributed by atoms with Crippen molar-refractivity contribution >= 4 is 12.0 Å². The molecular weight excluding hydrogens is 184 g/mol. The third-order valence-electron chi connectivity index (χ3n) is 2.26. The molecule has 2 rings (SSSR count). The van der Waals surface area contributed by atoms with E-state index in [1.807, 2.05) is 60.5 Å². The monoisotopic (exact) mass is 194 g/mol. The maximum Gasteiger partial charge on any atom is 0.125 e. The van der Waals surface area contributed by atoms with Crippen molar-refractivity contribution in [1.82, 2.24) is 0 Å². The Hall–Kier alpha value is -2.11. The van der Waals surface area contributed by atoms with Gasteiger partial charge >= 0.3 is 0 Å². The highest BCUT2D eigenvalue weighted by atomic mass is 16.1. The Kier molecular flexibility index (Phi) is 2.77. The zero-order chi connectivity index (χ0) is 10.5. The van der Waals surface area contributed by atoms with Gasteiger partial charge in [-0.1, -0.05) is 54.6 Å². The molecule has 15 heavy (non-hydrogen) atoms. The fourth-order valence-electron chi connectivity index (χ4n) is 1.57. The van der Waals surface area contributed by atoms with E-state index in [-0.39, 0.29) is 0 Å². The molecule has 2 aromatic carbocycles. The smallest absolute Gasteiger partial charge is 0.125 e. The van der Waals surface area contributed by atoms with Crippen LogP contribution in [0.15, 0.2) is 54.6 Å². The Bertz CT molecular complexity index is 494. The highest BCUT2D eigenvalue weighted by molar-refractivity contribution is 5.83. The summed E-state index contributed by atoms with van der Waals surface area (Å²) in [6.45, 7) is 0. The fraction of sp³-hybridized carbons (Fsp3) is 0. The highest BCUT2D eigenvalue weighted by Crippen LogP contribution is 2.23. The van der Waals surface area contributed by atoms with Crippen LogP contribution in [0.4, 0.5) is 0 Å². The second kappa shape index (κ2) is 4.41. The maximum atomic E-state index is 10.4. The minimum atomic E-state index is 0.902. The zero-order valence-corrected chi connectivity index (χ0v) is 8.18. The minimum absolute atomic E-state index is 0.902. The molecule has 1 nitrogen and oxygen atoms in total. The molecule has 0 N–H and O–H groups in total. The van der Waals surface area contributed by atoms with Crippen LogP contribution in [-0.4, -0.2) is 5.94 Å². The molecule has 0 saturated heterocycles. The molecule has 0 aromatic heterocycles. The molecule has 0 saturated carbocycles. The summed E-state index contributed by atoms with van der Waals surface area (Å²) in [6.07, 6.45) is 1.46. The molecule has 72 valence electrons. The maximum absolute atomic E-state index is 10.4. The third kappa shape index (κ3) is 2.04. The molecule has 0 spiro atoms. The Labute approximate surface area is 88.7 Å². The van der Waals surface area contributed by atoms with E-state index in [2.05, 4.69) is 0 Å². The normalized spacial score (nSPS) is 9.33. The summed E-state index contributed by atoms with van der Waals surface area (Å²) in [7, 11) is 0. The first kappa shape index (κ1) is 9.45. The van der Waals surface area contributed by atoms with Gasteiger partial charge in [-0.2, -0.15) is 0 Å². The summed E-state index contributed by atoms with van der Waals surface area (Å²) in [5, 5.41) is 0. The predicted octanol–water partition coefficient (Wildman–Crippen LogP) is 3.20. The van der Waals surface area contributed by atoms with Gasteiger partial charge in [0.15, 0.2) is 0 Å². The molecule has 0 heterocycles. The van der Waals surface area contributed by atoms with Crippen LogP contribution in [0, 0.1) is 0 Å². The summed E-state index contributed by atoms with van der Waals surface area (Å²) in [6, 6.07) is 17.8. The van der Waals surface area contributed by atoms with Gasteiger partial charge in [-0.25, -0.2) is 4.79 Å². The molecular formula is C14H10O. The van der Waals surface area contributed by atoms with Crippen LogP contribution in [-0.2, 0) is 4.79 Å². The molecule has 0 aliphatic rings. The van der Waals surface area contributed by atoms with E-state index in [1.165, 1.54) is 6.08 Å². The molecule has 1 heteroatoms. The molecule has 0 atom stereocenters. The van der Waals surface area contributed by atoms with E-state index in [0.717, 1.165) is 16.7 Å². The number of rotatable bonds is 2. The van der Waals surface area contributed by atoms with Crippen molar-refractivity contribution in [2.24, 2.45) is 0 Å². The number of hydrogen-bond donors (Lipinski definition) is 0. The molecule has 0 bridgehead atoms. The number of carbonyl (C=O) groups excluding carboxylic acids is 1. The first-order chi connectivity index (χ1) is 7.42. The van der Waals surface area contributed by atoms with Crippen LogP contribution >= 0.6 is 0 Å². The lowest BCUT2D eigenvalue weighted by Gasteiger charge is -2.04. The summed E-state index contributed by atoms with van der Waals surface area (Å²) in [4.78, 5) is 10.4. The zero-order valence-electron chi connectivity index (χ0n) is 8.18. The minimum Gasteiger partial charge on any atom is -0.233 e. The Morgan fingerprint density at radius 3 is 2.27 bits per heavy atom. The van der Waals surface area contributed by atoms with Crippen molar-refractivity contribution in [3.8, 4) is 11.1 Å². The average Bonchev–Trinajstić information content (AvgIpc) is 2.31. The van der Waals surface area contributed by atoms with Gasteiger partial charge in [0, 0.05) is 6.08 Å². The van der Waals surface area contributed by atoms with Crippen molar-refractivity contribution < 1.29 is 4.79 Å². The van der Waals surface area contributed by atoms with Gasteiger partial charge in [0.1, 0.15) is 5.94 Å². The van der Waals surface area contributed by atoms with Gasteiger partial charge in [-0.3, -0.25) is 0 Å². The van der Waals surface area contributed by atoms with Gasteiger partial charge in [-0.15, -0.1) is 0 Å². The molecule has 0 aliphatic carbocycles. The van der Waals surface area contributed by atoms with Crippen molar-refractivity contribution in [1.29, 1.82) is 0 Å². The van der Waals surface area contributed by atoms with E-state index in [1.54, 1.807) is 0 Å². The van der Waals surface area contributed by atoms with Crippen LogP contribution in [0.1, 0.15) is 5.56 Å². The summed E-state index contributed by atoms with van der Waals surface area (Å²) in [5.74, 6) is 1.82. The lowest BCUT2D eigenvalue weighted by Crippen LogP contribution is -1.81. The van der Waals surface area contributed by atoms with Gasteiger partial charge in [0.2, 0.25) is 0 Å². The highest BCUT2D eigenvalue weighted by Gasteiger charge is 2.00. The van der Waals surface area contributed by atoms with Crippen molar-refractivity contribution in [3.05, 3.63) is 60.2 Å². The van der Waals surface area contributed by atoms with E-state index < -0.39 is 0 Å². The summed E-state index contributed by atoms with van der Waals surface area (Å²) in [5.41, 5.74) is 3.07. The standard InChI is InChI=1S/C14H10O/c15-11-10-13-8-4-5-9-14(13)12-6-2-1-3-7-12/h1-10H. The molecule has 0 aliphatic heterocycles. The summed E-state index contributed by atoms with van der Waals surface area (Å²) >= 11 is 0. The van der Waals surface area contributed by atoms with E-state index in [4.69, 9.17) is 0 Å². The van der Waals surface area contributed by atoms with Crippen LogP contribution in [0.2, 0.25) is 0 Å². The lowest BCUT2D eigenvalue weighted by atomic mass is 10.00. The van der Waals surface area contributed by atoms with Crippen LogP contribution in [0.25, 0.3) is 17.2 Å². The topological polar surface area (TPSA) is 17.1 Å². The molecule has 0 fully saturated rings. The van der Waals surface area contributed by atoms with Crippen molar-refractivity contribution in [3.63, 3.8) is 0 Å². The molecule has 0 amide bonds. The third-order valence-corrected chi connectivity index (χ3v) is 2.26. The second-order valence-electron chi connectivity index (χ2n) is 3.22. The van der Waals surface area contributed by atoms with E-state index >= 15 is 0 Å². The molecule has 0 unspecified atom stereocenters. The predicted molar refractivity (Wildman–Crippen MR) is 62.0 cm³/mol. The van der Waals surface area contributed by atoms with Crippen LogP contribution in [0.3, 0.4) is 0 Å². The summed E-state index contributed by atoms with van der Waals surface area (Å²) < 4.78 is 0. The van der Waals surface area contributed by atoms with Gasteiger partial charge in [0.05, 0.1) is 0 Å². The number of hydrogen-bond acceptors (Lipinski definition) is 1. The van der Waals surface area contributed by atoms with Crippen molar-refractivity contribution in [2.45, 2.75) is 0 Å². The van der Waals surface area contributed by atoms with E-state index in [0.29, 0.717) is 0 Å². The van der Waals surface area contributed by atoms with Crippen LogP contribution in [0.5, 0.6) is 0 Å². The molecule has 0 radical (unpaired) electrons. The quantitative estimate of drug-likeness (QED) is 0.671. The van der Waals surface area contributed by atoms with Crippen LogP contribution < -0.4 is 0 Å². The van der Waals surface area contributed by atoms with Gasteiger partial charge in [0.25, 0.3) is 0 Å². The van der Waals surface area contributed by atoms with Gasteiger partial charge < -0.3 is 0 Å². The van der Waals surface area contributed by atoms with Gasteiger partial charge in [-0.05, 0) is 16.7 Å². The Balaban J connectivity index is 2.58. The number of benzene rings is 2. The Morgan fingerprint density at radius 1 is 0.867 bits per heavy atom. The van der Waals surface area contributed by atoms with E-state index in [9.17, 15) is 4.79 Å². The first-order valence-electron chi connectivity index (χ1n) is 4.77. The van der Waals surface area contributed by atoms with Crippen molar-refractivity contribution in [2.75, 3.05) is 0 Å². The average molecular weight is 194 g/mol. The fourth-order valence-corrected chi connectivity index (χ4v) is 1.57. The first-order valence-corrected chi connectivity index (χ1v) is 4.77. The Morgan fingerprint density at radius 2 is 1.53 bits per heavy atom. The lowest BCUT2D eigenvalue weighted by molar-refractivity contribution is 0.570. The SMILES string of the molecule is O=C=Cc1ccccc1-c1ccccc1. The second-order valence-corrected chi connectivity index (χ2v) is 3.22. The largest absolute Gasteiger partial charge is 0.233 e. The molecule has 2 aromatic rings.